The van der Waals surface area contributed by atoms with E-state index in [2.05, 4.69) is 26.7 Å². The van der Waals surface area contributed by atoms with E-state index >= 15 is 0 Å². The van der Waals surface area contributed by atoms with Crippen LogP contribution < -0.4 is 0 Å². The van der Waals surface area contributed by atoms with Gasteiger partial charge in [-0.25, -0.2) is 9.37 Å². The molecular formula is C21H17FN4. The van der Waals surface area contributed by atoms with E-state index < -0.39 is 0 Å². The molecule has 2 aromatic heterocycles. The Labute approximate surface area is 150 Å². The minimum Gasteiger partial charge on any atom is -0.327 e. The third-order valence-corrected chi connectivity index (χ3v) is 5.00. The number of halogens is 1. The zero-order valence-electron chi connectivity index (χ0n) is 14.4. The van der Waals surface area contributed by atoms with Crippen LogP contribution in [0.2, 0.25) is 0 Å². The van der Waals surface area contributed by atoms with Gasteiger partial charge in [-0.15, -0.1) is 0 Å². The van der Waals surface area contributed by atoms with Gasteiger partial charge in [0.15, 0.2) is 0 Å². The van der Waals surface area contributed by atoms with Crippen LogP contribution in [0.1, 0.15) is 17.8 Å². The summed E-state index contributed by atoms with van der Waals surface area (Å²) >= 11 is 0. The summed E-state index contributed by atoms with van der Waals surface area (Å²) in [4.78, 5) is 13.7. The van der Waals surface area contributed by atoms with Gasteiger partial charge in [0.25, 0.3) is 0 Å². The second-order valence-corrected chi connectivity index (χ2v) is 6.70. The van der Waals surface area contributed by atoms with Gasteiger partial charge in [-0.2, -0.15) is 0 Å². The number of aromatic nitrogens is 4. The summed E-state index contributed by atoms with van der Waals surface area (Å²) in [6.45, 7) is 2.74. The SMILES string of the molecule is Cc1cc(-c2nc3n(c2-c2ccc4nccnc4c2)CCC3)ccc1F. The number of aryl methyl sites for hydroxylation is 2. The summed E-state index contributed by atoms with van der Waals surface area (Å²) in [7, 11) is 0. The van der Waals surface area contributed by atoms with E-state index in [0.29, 0.717) is 5.56 Å². The first-order valence-electron chi connectivity index (χ1n) is 8.78. The second-order valence-electron chi connectivity index (χ2n) is 6.70. The van der Waals surface area contributed by atoms with Crippen LogP contribution in [0.25, 0.3) is 33.5 Å². The Morgan fingerprint density at radius 2 is 1.77 bits per heavy atom. The lowest BCUT2D eigenvalue weighted by Crippen LogP contribution is -1.97. The Hall–Kier alpha value is -3.08. The Morgan fingerprint density at radius 3 is 2.62 bits per heavy atom. The lowest BCUT2D eigenvalue weighted by molar-refractivity contribution is 0.619. The topological polar surface area (TPSA) is 43.6 Å². The predicted molar refractivity (Wildman–Crippen MR) is 99.2 cm³/mol. The average Bonchev–Trinajstić information content (AvgIpc) is 3.24. The lowest BCUT2D eigenvalue weighted by atomic mass is 10.0. The Morgan fingerprint density at radius 1 is 0.962 bits per heavy atom. The number of fused-ring (bicyclic) bond motifs is 2. The van der Waals surface area contributed by atoms with E-state index in [1.54, 1.807) is 19.3 Å². The quantitative estimate of drug-likeness (QED) is 0.536. The van der Waals surface area contributed by atoms with Crippen molar-refractivity contribution in [3.05, 3.63) is 66.0 Å². The molecule has 0 amide bonds. The molecule has 2 aromatic carbocycles. The fourth-order valence-corrected chi connectivity index (χ4v) is 3.72. The van der Waals surface area contributed by atoms with Crippen LogP contribution in [0.4, 0.5) is 4.39 Å². The molecule has 0 spiro atoms. The molecule has 128 valence electrons. The maximum atomic E-state index is 13.7. The summed E-state index contributed by atoms with van der Waals surface area (Å²) in [5, 5.41) is 0. The van der Waals surface area contributed by atoms with Gasteiger partial charge in [0.1, 0.15) is 11.6 Å². The van der Waals surface area contributed by atoms with Crippen molar-refractivity contribution < 1.29 is 4.39 Å². The van der Waals surface area contributed by atoms with Gasteiger partial charge in [0.05, 0.1) is 22.4 Å². The van der Waals surface area contributed by atoms with Gasteiger partial charge < -0.3 is 4.57 Å². The van der Waals surface area contributed by atoms with Gasteiger partial charge in [-0.05, 0) is 49.2 Å². The molecule has 0 aliphatic carbocycles. The molecule has 0 unspecified atom stereocenters. The molecule has 4 aromatic rings. The summed E-state index contributed by atoms with van der Waals surface area (Å²) in [6.07, 6.45) is 5.48. The van der Waals surface area contributed by atoms with E-state index in [1.165, 1.54) is 6.07 Å². The number of nitrogens with zero attached hydrogens (tertiary/aromatic N) is 4. The molecule has 3 heterocycles. The second kappa shape index (κ2) is 5.73. The number of rotatable bonds is 2. The number of imidazole rings is 1. The van der Waals surface area contributed by atoms with Crippen molar-refractivity contribution in [3.8, 4) is 22.5 Å². The molecule has 0 bridgehead atoms. The largest absolute Gasteiger partial charge is 0.327 e. The maximum absolute atomic E-state index is 13.7. The van der Waals surface area contributed by atoms with Crippen LogP contribution in [0.3, 0.4) is 0 Å². The molecule has 0 radical (unpaired) electrons. The van der Waals surface area contributed by atoms with E-state index in [9.17, 15) is 4.39 Å². The van der Waals surface area contributed by atoms with Crippen molar-refractivity contribution >= 4 is 11.0 Å². The minimum atomic E-state index is -0.192. The molecule has 1 aliphatic heterocycles. The molecule has 0 N–H and O–H groups in total. The van der Waals surface area contributed by atoms with Crippen LogP contribution in [-0.4, -0.2) is 19.5 Å². The highest BCUT2D eigenvalue weighted by atomic mass is 19.1. The van der Waals surface area contributed by atoms with E-state index in [-0.39, 0.29) is 5.82 Å². The van der Waals surface area contributed by atoms with Crippen LogP contribution >= 0.6 is 0 Å². The van der Waals surface area contributed by atoms with E-state index in [4.69, 9.17) is 4.98 Å². The van der Waals surface area contributed by atoms with Gasteiger partial charge in [-0.3, -0.25) is 9.97 Å². The standard InChI is InChI=1S/C21H17FN4/c1-13-11-14(4-6-16(13)22)20-21(26-10-2-3-19(26)25-20)15-5-7-17-18(12-15)24-9-8-23-17/h4-9,11-12H,2-3,10H2,1H3. The maximum Gasteiger partial charge on any atom is 0.126 e. The highest BCUT2D eigenvalue weighted by molar-refractivity contribution is 5.85. The van der Waals surface area contributed by atoms with Gasteiger partial charge in [-0.1, -0.05) is 6.07 Å². The van der Waals surface area contributed by atoms with Crippen LogP contribution in [0, 0.1) is 12.7 Å². The van der Waals surface area contributed by atoms with Crippen molar-refractivity contribution in [1.29, 1.82) is 0 Å². The molecular weight excluding hydrogens is 327 g/mol. The molecule has 0 saturated carbocycles. The first-order valence-corrected chi connectivity index (χ1v) is 8.78. The van der Waals surface area contributed by atoms with Crippen LogP contribution in [0.15, 0.2) is 48.8 Å². The highest BCUT2D eigenvalue weighted by Crippen LogP contribution is 2.36. The first-order chi connectivity index (χ1) is 12.7. The molecule has 5 rings (SSSR count). The van der Waals surface area contributed by atoms with Crippen LogP contribution in [-0.2, 0) is 13.0 Å². The smallest absolute Gasteiger partial charge is 0.126 e. The van der Waals surface area contributed by atoms with E-state index in [0.717, 1.165) is 58.8 Å². The first kappa shape index (κ1) is 15.2. The Balaban J connectivity index is 1.75. The summed E-state index contributed by atoms with van der Waals surface area (Å²) in [5.41, 5.74) is 6.36. The van der Waals surface area contributed by atoms with E-state index in [1.807, 2.05) is 18.2 Å². The van der Waals surface area contributed by atoms with Crippen molar-refractivity contribution in [2.45, 2.75) is 26.3 Å². The molecule has 4 nitrogen and oxygen atoms in total. The number of benzene rings is 2. The van der Waals surface area contributed by atoms with Gasteiger partial charge in [0, 0.05) is 36.5 Å². The third kappa shape index (κ3) is 2.31. The molecule has 1 aliphatic rings. The van der Waals surface area contributed by atoms with Crippen molar-refractivity contribution in [3.63, 3.8) is 0 Å². The minimum absolute atomic E-state index is 0.192. The Kier molecular flexibility index (Phi) is 3.35. The summed E-state index contributed by atoms with van der Waals surface area (Å²) in [6, 6.07) is 11.3. The molecule has 0 saturated heterocycles. The molecule has 0 fully saturated rings. The lowest BCUT2D eigenvalue weighted by Gasteiger charge is -2.10. The zero-order valence-corrected chi connectivity index (χ0v) is 14.4. The highest BCUT2D eigenvalue weighted by Gasteiger charge is 2.23. The molecule has 26 heavy (non-hydrogen) atoms. The summed E-state index contributed by atoms with van der Waals surface area (Å²) < 4.78 is 16.0. The fraction of sp³-hybridized carbons (Fsp3) is 0.190. The number of hydrogen-bond donors (Lipinski definition) is 0. The molecule has 5 heteroatoms. The van der Waals surface area contributed by atoms with Gasteiger partial charge >= 0.3 is 0 Å². The van der Waals surface area contributed by atoms with Gasteiger partial charge in [0.2, 0.25) is 0 Å². The van der Waals surface area contributed by atoms with Crippen LogP contribution in [0.5, 0.6) is 0 Å². The predicted octanol–water partition coefficient (Wildman–Crippen LogP) is 4.55. The van der Waals surface area contributed by atoms with Crippen molar-refractivity contribution in [1.82, 2.24) is 19.5 Å². The zero-order chi connectivity index (χ0) is 17.7. The number of hydrogen-bond acceptors (Lipinski definition) is 3. The molecule has 0 atom stereocenters. The normalized spacial score (nSPS) is 13.3. The monoisotopic (exact) mass is 344 g/mol. The van der Waals surface area contributed by atoms with Crippen molar-refractivity contribution in [2.75, 3.05) is 0 Å². The summed E-state index contributed by atoms with van der Waals surface area (Å²) in [5.74, 6) is 0.902. The van der Waals surface area contributed by atoms with Crippen molar-refractivity contribution in [2.24, 2.45) is 0 Å². The average molecular weight is 344 g/mol. The Bertz CT molecular complexity index is 1150. The third-order valence-electron chi connectivity index (χ3n) is 5.00. The fourth-order valence-electron chi connectivity index (χ4n) is 3.72.